The van der Waals surface area contributed by atoms with Gasteiger partial charge in [0, 0.05) is 38.6 Å². The maximum absolute atomic E-state index is 8.12. The monoisotopic (exact) mass is 271 g/mol. The molecule has 108 valence electrons. The van der Waals surface area contributed by atoms with E-state index in [-0.39, 0.29) is 0 Å². The smallest absolute Gasteiger partial charge is 0.0960 e. The third-order valence-corrected chi connectivity index (χ3v) is 4.66. The second-order valence-corrected chi connectivity index (χ2v) is 6.09. The van der Waals surface area contributed by atoms with Crippen molar-refractivity contribution in [1.29, 1.82) is 5.41 Å². The molecule has 0 amide bonds. The Morgan fingerprint density at radius 3 is 2.45 bits per heavy atom. The number of piperidine rings is 2. The molecule has 2 saturated heterocycles. The molecule has 2 heterocycles. The number of hydrogen-bond donors (Lipinski definition) is 1. The minimum atomic E-state index is 0.620. The highest BCUT2D eigenvalue weighted by Gasteiger charge is 2.27. The predicted octanol–water partition coefficient (Wildman–Crippen LogP) is 3.11. The van der Waals surface area contributed by atoms with Gasteiger partial charge in [-0.1, -0.05) is 30.3 Å². The lowest BCUT2D eigenvalue weighted by molar-refractivity contribution is 0.140. The van der Waals surface area contributed by atoms with E-state index in [1.165, 1.54) is 44.3 Å². The largest absolute Gasteiger partial charge is 0.357 e. The normalized spacial score (nSPS) is 22.2. The van der Waals surface area contributed by atoms with Gasteiger partial charge in [-0.25, -0.2) is 0 Å². The lowest BCUT2D eigenvalue weighted by Gasteiger charge is -2.41. The summed E-state index contributed by atoms with van der Waals surface area (Å²) in [5, 5.41) is 8.12. The molecule has 2 aliphatic heterocycles. The van der Waals surface area contributed by atoms with Gasteiger partial charge in [0.2, 0.25) is 0 Å². The van der Waals surface area contributed by atoms with Crippen LogP contribution in [0.2, 0.25) is 0 Å². The Hall–Kier alpha value is -1.35. The van der Waals surface area contributed by atoms with Crippen molar-refractivity contribution in [3.63, 3.8) is 0 Å². The highest BCUT2D eigenvalue weighted by molar-refractivity contribution is 5.80. The van der Waals surface area contributed by atoms with E-state index in [4.69, 9.17) is 5.41 Å². The molecule has 3 heteroatoms. The van der Waals surface area contributed by atoms with E-state index in [1.54, 1.807) is 0 Å². The quantitative estimate of drug-likeness (QED) is 0.915. The molecule has 0 aromatic heterocycles. The van der Waals surface area contributed by atoms with Crippen LogP contribution in [0.15, 0.2) is 30.3 Å². The Kier molecular flexibility index (Phi) is 4.36. The summed E-state index contributed by atoms with van der Waals surface area (Å²) in [7, 11) is 0. The highest BCUT2D eigenvalue weighted by atomic mass is 15.2. The molecular weight excluding hydrogens is 246 g/mol. The Balaban J connectivity index is 1.50. The Labute approximate surface area is 122 Å². The van der Waals surface area contributed by atoms with Gasteiger partial charge >= 0.3 is 0 Å². The zero-order chi connectivity index (χ0) is 13.8. The molecule has 0 bridgehead atoms. The Bertz CT molecular complexity index is 435. The summed E-state index contributed by atoms with van der Waals surface area (Å²) in [4.78, 5) is 4.93. The number of amidine groups is 1. The molecule has 20 heavy (non-hydrogen) atoms. The van der Waals surface area contributed by atoms with Gasteiger partial charge in [-0.15, -0.1) is 0 Å². The molecule has 0 radical (unpaired) electrons. The fourth-order valence-corrected chi connectivity index (χ4v) is 3.49. The number of likely N-dealkylation sites (tertiary alicyclic amines) is 2. The van der Waals surface area contributed by atoms with Crippen LogP contribution in [0.4, 0.5) is 0 Å². The fourth-order valence-electron chi connectivity index (χ4n) is 3.49. The van der Waals surface area contributed by atoms with Gasteiger partial charge in [0.05, 0.1) is 5.84 Å². The SMILES string of the molecule is N=C1CCCCN1C1CCN(Cc2ccccc2)CC1. The van der Waals surface area contributed by atoms with Crippen LogP contribution in [0.25, 0.3) is 0 Å². The lowest BCUT2D eigenvalue weighted by Crippen LogP contribution is -2.48. The second kappa shape index (κ2) is 6.40. The van der Waals surface area contributed by atoms with Gasteiger partial charge in [-0.2, -0.15) is 0 Å². The first-order valence-corrected chi connectivity index (χ1v) is 7.93. The van der Waals surface area contributed by atoms with E-state index >= 15 is 0 Å². The summed E-state index contributed by atoms with van der Waals surface area (Å²) in [5.74, 6) is 0.887. The summed E-state index contributed by atoms with van der Waals surface area (Å²) in [5.41, 5.74) is 1.41. The maximum atomic E-state index is 8.12. The van der Waals surface area contributed by atoms with Gasteiger partial charge in [-0.05, 0) is 31.2 Å². The molecule has 0 aliphatic carbocycles. The third-order valence-electron chi connectivity index (χ3n) is 4.66. The summed E-state index contributed by atoms with van der Waals surface area (Å²) >= 11 is 0. The number of hydrogen-bond acceptors (Lipinski definition) is 2. The van der Waals surface area contributed by atoms with Gasteiger partial charge in [0.25, 0.3) is 0 Å². The Morgan fingerprint density at radius 2 is 1.75 bits per heavy atom. The van der Waals surface area contributed by atoms with Crippen LogP contribution in [0, 0.1) is 5.41 Å². The van der Waals surface area contributed by atoms with E-state index < -0.39 is 0 Å². The van der Waals surface area contributed by atoms with Crippen molar-refractivity contribution in [1.82, 2.24) is 9.80 Å². The topological polar surface area (TPSA) is 30.3 Å². The van der Waals surface area contributed by atoms with Crippen molar-refractivity contribution < 1.29 is 0 Å². The van der Waals surface area contributed by atoms with E-state index in [0.29, 0.717) is 6.04 Å². The van der Waals surface area contributed by atoms with Crippen molar-refractivity contribution in [2.24, 2.45) is 0 Å². The average Bonchev–Trinajstić information content (AvgIpc) is 2.50. The molecule has 0 spiro atoms. The maximum Gasteiger partial charge on any atom is 0.0960 e. The summed E-state index contributed by atoms with van der Waals surface area (Å²) in [6.45, 7) is 4.53. The van der Waals surface area contributed by atoms with Crippen molar-refractivity contribution in [2.75, 3.05) is 19.6 Å². The summed E-state index contributed by atoms with van der Waals surface area (Å²) in [6, 6.07) is 11.4. The molecule has 2 fully saturated rings. The van der Waals surface area contributed by atoms with Crippen molar-refractivity contribution in [3.8, 4) is 0 Å². The minimum Gasteiger partial charge on any atom is -0.357 e. The van der Waals surface area contributed by atoms with Crippen LogP contribution in [0.5, 0.6) is 0 Å². The molecule has 0 saturated carbocycles. The van der Waals surface area contributed by atoms with Gasteiger partial charge in [-0.3, -0.25) is 10.3 Å². The summed E-state index contributed by atoms with van der Waals surface area (Å²) < 4.78 is 0. The van der Waals surface area contributed by atoms with Crippen LogP contribution in [0.3, 0.4) is 0 Å². The van der Waals surface area contributed by atoms with E-state index in [9.17, 15) is 0 Å². The highest BCUT2D eigenvalue weighted by Crippen LogP contribution is 2.22. The number of benzene rings is 1. The molecule has 0 atom stereocenters. The van der Waals surface area contributed by atoms with Gasteiger partial charge in [0.15, 0.2) is 0 Å². The average molecular weight is 271 g/mol. The van der Waals surface area contributed by atoms with Gasteiger partial charge < -0.3 is 4.90 Å². The lowest BCUT2D eigenvalue weighted by atomic mass is 9.99. The van der Waals surface area contributed by atoms with E-state index in [1.807, 2.05) is 0 Å². The number of nitrogens with one attached hydrogen (secondary N) is 1. The fraction of sp³-hybridized carbons (Fsp3) is 0.588. The standard InChI is InChI=1S/C17H25N3/c18-17-8-4-5-11-20(17)16-9-12-19(13-10-16)14-15-6-2-1-3-7-15/h1-3,6-7,16,18H,4-5,8-14H2. The molecule has 0 unspecified atom stereocenters. The van der Waals surface area contributed by atoms with Crippen molar-refractivity contribution in [3.05, 3.63) is 35.9 Å². The number of nitrogens with zero attached hydrogens (tertiary/aromatic N) is 2. The molecular formula is C17H25N3. The van der Waals surface area contributed by atoms with E-state index in [2.05, 4.69) is 40.1 Å². The van der Waals surface area contributed by atoms with Crippen LogP contribution < -0.4 is 0 Å². The predicted molar refractivity (Wildman–Crippen MR) is 83.0 cm³/mol. The van der Waals surface area contributed by atoms with Crippen molar-refractivity contribution in [2.45, 2.75) is 44.7 Å². The molecule has 1 aromatic rings. The van der Waals surface area contributed by atoms with Crippen molar-refractivity contribution >= 4 is 5.84 Å². The zero-order valence-electron chi connectivity index (χ0n) is 12.2. The minimum absolute atomic E-state index is 0.620. The molecule has 3 rings (SSSR count). The molecule has 1 aromatic carbocycles. The van der Waals surface area contributed by atoms with Crippen LogP contribution in [-0.2, 0) is 6.54 Å². The summed E-state index contributed by atoms with van der Waals surface area (Å²) in [6.07, 6.45) is 5.91. The van der Waals surface area contributed by atoms with Crippen LogP contribution in [0.1, 0.15) is 37.7 Å². The Morgan fingerprint density at radius 1 is 1.00 bits per heavy atom. The van der Waals surface area contributed by atoms with Crippen LogP contribution in [-0.4, -0.2) is 41.3 Å². The number of rotatable bonds is 3. The molecule has 2 aliphatic rings. The molecule has 3 nitrogen and oxygen atoms in total. The van der Waals surface area contributed by atoms with Crippen LogP contribution >= 0.6 is 0 Å². The molecule has 1 N–H and O–H groups in total. The second-order valence-electron chi connectivity index (χ2n) is 6.09. The first-order chi connectivity index (χ1) is 9.83. The zero-order valence-corrected chi connectivity index (χ0v) is 12.2. The third kappa shape index (κ3) is 3.21. The van der Waals surface area contributed by atoms with Gasteiger partial charge in [0.1, 0.15) is 0 Å². The first kappa shape index (κ1) is 13.6. The first-order valence-electron chi connectivity index (χ1n) is 7.93. The van der Waals surface area contributed by atoms with E-state index in [0.717, 1.165) is 25.3 Å².